The Morgan fingerprint density at radius 1 is 1.22 bits per heavy atom. The van der Waals surface area contributed by atoms with Crippen molar-refractivity contribution in [3.05, 3.63) is 54.1 Å². The predicted octanol–water partition coefficient (Wildman–Crippen LogP) is 4.56. The number of hydrogen-bond acceptors (Lipinski definition) is 3. The van der Waals surface area contributed by atoms with Gasteiger partial charge in [0.2, 0.25) is 11.8 Å². The summed E-state index contributed by atoms with van der Waals surface area (Å²) in [5, 5.41) is 2.71. The lowest BCUT2D eigenvalue weighted by Gasteiger charge is -2.20. The monoisotopic (exact) mass is 390 g/mol. The fourth-order valence-electron chi connectivity index (χ4n) is 3.19. The van der Waals surface area contributed by atoms with Gasteiger partial charge in [-0.15, -0.1) is 0 Å². The van der Waals surface area contributed by atoms with Crippen molar-refractivity contribution in [2.75, 3.05) is 16.8 Å². The molecule has 0 bridgehead atoms. The number of alkyl halides is 2. The van der Waals surface area contributed by atoms with E-state index in [1.807, 2.05) is 31.2 Å². The maximum absolute atomic E-state index is 12.7. The van der Waals surface area contributed by atoms with Gasteiger partial charge in [0.25, 0.3) is 5.76 Å². The summed E-state index contributed by atoms with van der Waals surface area (Å²) >= 11 is 0.387. The number of rotatable bonds is 6. The molecule has 2 amide bonds. The van der Waals surface area contributed by atoms with Crippen LogP contribution in [0.2, 0.25) is 0 Å². The van der Waals surface area contributed by atoms with Crippen molar-refractivity contribution in [2.45, 2.75) is 30.4 Å². The molecule has 2 aromatic carbocycles. The van der Waals surface area contributed by atoms with Crippen molar-refractivity contribution >= 4 is 35.0 Å². The predicted molar refractivity (Wildman–Crippen MR) is 103 cm³/mol. The molecule has 1 aliphatic rings. The van der Waals surface area contributed by atoms with E-state index in [4.69, 9.17) is 0 Å². The number of amides is 2. The van der Waals surface area contributed by atoms with E-state index in [0.29, 0.717) is 22.3 Å². The van der Waals surface area contributed by atoms with Gasteiger partial charge < -0.3 is 10.2 Å². The number of benzene rings is 2. The first kappa shape index (κ1) is 19.4. The first-order valence-electron chi connectivity index (χ1n) is 8.72. The molecular weight excluding hydrogens is 370 g/mol. The van der Waals surface area contributed by atoms with Crippen molar-refractivity contribution in [3.8, 4) is 0 Å². The number of carbonyl (C=O) groups is 2. The number of aryl methyl sites for hydroxylation is 1. The van der Waals surface area contributed by atoms with Crippen LogP contribution in [0.4, 0.5) is 20.2 Å². The zero-order chi connectivity index (χ0) is 19.4. The Morgan fingerprint density at radius 2 is 1.93 bits per heavy atom. The fraction of sp³-hybridized carbons (Fsp3) is 0.300. The van der Waals surface area contributed by atoms with E-state index in [1.54, 1.807) is 23.1 Å². The number of carbonyl (C=O) groups excluding carboxylic acids is 2. The van der Waals surface area contributed by atoms with Crippen molar-refractivity contribution in [2.24, 2.45) is 5.92 Å². The van der Waals surface area contributed by atoms with Gasteiger partial charge in [0.05, 0.1) is 11.6 Å². The van der Waals surface area contributed by atoms with E-state index in [-0.39, 0.29) is 24.8 Å². The van der Waals surface area contributed by atoms with E-state index in [0.717, 1.165) is 17.7 Å². The third-order valence-corrected chi connectivity index (χ3v) is 5.31. The fourth-order valence-corrected chi connectivity index (χ4v) is 3.79. The second-order valence-electron chi connectivity index (χ2n) is 6.25. The Labute approximate surface area is 160 Å². The van der Waals surface area contributed by atoms with Crippen LogP contribution in [-0.2, 0) is 16.0 Å². The number of anilines is 2. The van der Waals surface area contributed by atoms with E-state index in [9.17, 15) is 18.4 Å². The van der Waals surface area contributed by atoms with Crippen molar-refractivity contribution in [1.82, 2.24) is 0 Å². The highest BCUT2D eigenvalue weighted by molar-refractivity contribution is 7.99. The minimum Gasteiger partial charge on any atom is -0.325 e. The third-order valence-electron chi connectivity index (χ3n) is 4.52. The highest BCUT2D eigenvalue weighted by Crippen LogP contribution is 2.33. The molecular formula is C20H20F2N2O2S. The largest absolute Gasteiger partial charge is 0.325 e. The topological polar surface area (TPSA) is 49.4 Å². The van der Waals surface area contributed by atoms with E-state index < -0.39 is 11.7 Å². The number of thioether (sulfide) groups is 1. The van der Waals surface area contributed by atoms with Crippen LogP contribution in [0.5, 0.6) is 0 Å². The van der Waals surface area contributed by atoms with Crippen LogP contribution in [0.3, 0.4) is 0 Å². The SMILES string of the molecule is CCc1ccccc1N1CC(C(=O)Nc2ccccc2SC(F)F)CC1=O. The number of nitrogens with one attached hydrogen (secondary N) is 1. The van der Waals surface area contributed by atoms with E-state index in [2.05, 4.69) is 5.32 Å². The van der Waals surface area contributed by atoms with Gasteiger partial charge in [-0.3, -0.25) is 9.59 Å². The van der Waals surface area contributed by atoms with Gasteiger partial charge in [-0.25, -0.2) is 0 Å². The van der Waals surface area contributed by atoms with Gasteiger partial charge in [0.1, 0.15) is 0 Å². The molecule has 0 spiro atoms. The summed E-state index contributed by atoms with van der Waals surface area (Å²) in [6, 6.07) is 14.1. The third kappa shape index (κ3) is 4.47. The molecule has 0 aromatic heterocycles. The quantitative estimate of drug-likeness (QED) is 0.736. The van der Waals surface area contributed by atoms with Crippen LogP contribution in [-0.4, -0.2) is 24.1 Å². The van der Waals surface area contributed by atoms with Gasteiger partial charge in [-0.2, -0.15) is 8.78 Å². The Kier molecular flexibility index (Phi) is 6.11. The average molecular weight is 390 g/mol. The van der Waals surface area contributed by atoms with E-state index in [1.165, 1.54) is 6.07 Å². The molecule has 4 nitrogen and oxygen atoms in total. The lowest BCUT2D eigenvalue weighted by Crippen LogP contribution is -2.28. The molecule has 27 heavy (non-hydrogen) atoms. The second-order valence-corrected chi connectivity index (χ2v) is 7.28. The molecule has 3 rings (SSSR count). The Morgan fingerprint density at radius 3 is 2.67 bits per heavy atom. The Hall–Kier alpha value is -2.41. The molecule has 0 saturated carbocycles. The molecule has 142 valence electrons. The summed E-state index contributed by atoms with van der Waals surface area (Å²) in [6.45, 7) is 2.30. The highest BCUT2D eigenvalue weighted by Gasteiger charge is 2.36. The molecule has 1 fully saturated rings. The minimum absolute atomic E-state index is 0.105. The number of nitrogens with zero attached hydrogens (tertiary/aromatic N) is 1. The van der Waals surface area contributed by atoms with Crippen LogP contribution >= 0.6 is 11.8 Å². The maximum Gasteiger partial charge on any atom is 0.288 e. The highest BCUT2D eigenvalue weighted by atomic mass is 32.2. The van der Waals surface area contributed by atoms with Gasteiger partial charge in [-0.1, -0.05) is 49.0 Å². The molecule has 1 aliphatic heterocycles. The first-order chi connectivity index (χ1) is 13.0. The number of hydrogen-bond donors (Lipinski definition) is 1. The zero-order valence-corrected chi connectivity index (χ0v) is 15.6. The smallest absolute Gasteiger partial charge is 0.288 e. The van der Waals surface area contributed by atoms with Crippen molar-refractivity contribution in [3.63, 3.8) is 0 Å². The number of para-hydroxylation sites is 2. The lowest BCUT2D eigenvalue weighted by molar-refractivity contribution is -0.122. The number of halogens is 2. The molecule has 1 atom stereocenters. The summed E-state index contributed by atoms with van der Waals surface area (Å²) in [7, 11) is 0. The zero-order valence-electron chi connectivity index (χ0n) is 14.8. The van der Waals surface area contributed by atoms with Crippen LogP contribution < -0.4 is 10.2 Å². The molecule has 0 aliphatic carbocycles. The molecule has 1 saturated heterocycles. The van der Waals surface area contributed by atoms with Crippen LogP contribution in [0.1, 0.15) is 18.9 Å². The summed E-state index contributed by atoms with van der Waals surface area (Å²) in [6.07, 6.45) is 0.892. The van der Waals surface area contributed by atoms with Gasteiger partial charge >= 0.3 is 0 Å². The average Bonchev–Trinajstić information content (AvgIpc) is 3.04. The first-order valence-corrected chi connectivity index (χ1v) is 9.60. The lowest BCUT2D eigenvalue weighted by atomic mass is 10.1. The molecule has 1 N–H and O–H groups in total. The summed E-state index contributed by atoms with van der Waals surface area (Å²) < 4.78 is 25.4. The molecule has 1 unspecified atom stereocenters. The van der Waals surface area contributed by atoms with Crippen LogP contribution in [0.25, 0.3) is 0 Å². The Balaban J connectivity index is 1.73. The molecule has 0 radical (unpaired) electrons. The standard InChI is InChI=1S/C20H20F2N2O2S/c1-2-13-7-3-5-9-16(13)24-12-14(11-18(24)25)19(26)23-15-8-4-6-10-17(15)27-20(21)22/h3-10,14,20H,2,11-12H2,1H3,(H,23,26). The summed E-state index contributed by atoms with van der Waals surface area (Å²) in [5.41, 5.74) is 2.22. The minimum atomic E-state index is -2.57. The summed E-state index contributed by atoms with van der Waals surface area (Å²) in [5.74, 6) is -3.53. The second kappa shape index (κ2) is 8.52. The van der Waals surface area contributed by atoms with Gasteiger partial charge in [0, 0.05) is 23.5 Å². The molecule has 7 heteroatoms. The van der Waals surface area contributed by atoms with Crippen molar-refractivity contribution < 1.29 is 18.4 Å². The van der Waals surface area contributed by atoms with Crippen LogP contribution in [0, 0.1) is 5.92 Å². The Bertz CT molecular complexity index is 844. The van der Waals surface area contributed by atoms with Gasteiger partial charge in [0.15, 0.2) is 0 Å². The van der Waals surface area contributed by atoms with Crippen LogP contribution in [0.15, 0.2) is 53.4 Å². The van der Waals surface area contributed by atoms with Gasteiger partial charge in [-0.05, 0) is 30.2 Å². The molecule has 1 heterocycles. The van der Waals surface area contributed by atoms with Crippen molar-refractivity contribution in [1.29, 1.82) is 0 Å². The molecule has 2 aromatic rings. The normalized spacial score (nSPS) is 16.8. The maximum atomic E-state index is 12.7. The summed E-state index contributed by atoms with van der Waals surface area (Å²) in [4.78, 5) is 27.1. The van der Waals surface area contributed by atoms with E-state index >= 15 is 0 Å².